The van der Waals surface area contributed by atoms with Crippen LogP contribution in [0.1, 0.15) is 18.5 Å². The molecule has 1 fully saturated rings. The van der Waals surface area contributed by atoms with Crippen molar-refractivity contribution in [1.82, 2.24) is 20.2 Å². The first-order valence-corrected chi connectivity index (χ1v) is 10.4. The van der Waals surface area contributed by atoms with Crippen LogP contribution in [0, 0.1) is 0 Å². The summed E-state index contributed by atoms with van der Waals surface area (Å²) in [7, 11) is 0. The zero-order chi connectivity index (χ0) is 20.8. The van der Waals surface area contributed by atoms with E-state index in [0.29, 0.717) is 6.54 Å². The van der Waals surface area contributed by atoms with E-state index < -0.39 is 0 Å². The quantitative estimate of drug-likeness (QED) is 0.688. The van der Waals surface area contributed by atoms with Crippen LogP contribution in [0.4, 0.5) is 5.95 Å². The molecule has 1 N–H and O–H groups in total. The number of benzene rings is 2. The van der Waals surface area contributed by atoms with Gasteiger partial charge in [0.1, 0.15) is 0 Å². The fourth-order valence-electron chi connectivity index (χ4n) is 3.73. The van der Waals surface area contributed by atoms with Gasteiger partial charge in [-0.15, -0.1) is 0 Å². The Morgan fingerprint density at radius 3 is 2.20 bits per heavy atom. The number of nitrogens with zero attached hydrogens (tertiary/aromatic N) is 4. The summed E-state index contributed by atoms with van der Waals surface area (Å²) in [6, 6.07) is 20.5. The van der Waals surface area contributed by atoms with Crippen LogP contribution in [-0.4, -0.2) is 53.5 Å². The highest BCUT2D eigenvalue weighted by molar-refractivity contribution is 5.78. The van der Waals surface area contributed by atoms with Gasteiger partial charge in [0, 0.05) is 38.6 Å². The average molecular weight is 402 g/mol. The molecule has 0 bridgehead atoms. The molecule has 1 aromatic heterocycles. The first-order chi connectivity index (χ1) is 14.7. The minimum Gasteiger partial charge on any atom is -0.348 e. The summed E-state index contributed by atoms with van der Waals surface area (Å²) in [5.41, 5.74) is 3.48. The van der Waals surface area contributed by atoms with E-state index in [1.165, 1.54) is 11.1 Å². The van der Waals surface area contributed by atoms with Crippen molar-refractivity contribution >= 4 is 11.9 Å². The molecule has 2 aromatic carbocycles. The predicted molar refractivity (Wildman–Crippen MR) is 119 cm³/mol. The summed E-state index contributed by atoms with van der Waals surface area (Å²) in [4.78, 5) is 25.5. The fourth-order valence-corrected chi connectivity index (χ4v) is 3.73. The maximum absolute atomic E-state index is 12.5. The Hall–Kier alpha value is -3.25. The molecule has 1 aliphatic heterocycles. The Morgan fingerprint density at radius 1 is 0.900 bits per heavy atom. The molecule has 1 unspecified atom stereocenters. The third kappa shape index (κ3) is 5.02. The van der Waals surface area contributed by atoms with Crippen LogP contribution in [0.15, 0.2) is 73.1 Å². The highest BCUT2D eigenvalue weighted by Gasteiger charge is 2.21. The molecule has 30 heavy (non-hydrogen) atoms. The van der Waals surface area contributed by atoms with Gasteiger partial charge in [-0.1, -0.05) is 54.6 Å². The van der Waals surface area contributed by atoms with Crippen molar-refractivity contribution in [3.8, 4) is 11.1 Å². The van der Waals surface area contributed by atoms with E-state index >= 15 is 0 Å². The maximum atomic E-state index is 12.5. The summed E-state index contributed by atoms with van der Waals surface area (Å²) in [6.07, 6.45) is 3.52. The lowest BCUT2D eigenvalue weighted by molar-refractivity contribution is -0.123. The van der Waals surface area contributed by atoms with Crippen LogP contribution in [0.25, 0.3) is 11.1 Å². The molecule has 0 radical (unpaired) electrons. The third-order valence-electron chi connectivity index (χ3n) is 5.47. The Bertz CT molecular complexity index is 938. The normalized spacial score (nSPS) is 15.6. The van der Waals surface area contributed by atoms with Crippen molar-refractivity contribution in [2.45, 2.75) is 13.0 Å². The molecule has 6 heteroatoms. The van der Waals surface area contributed by atoms with Crippen molar-refractivity contribution in [2.24, 2.45) is 0 Å². The monoisotopic (exact) mass is 401 g/mol. The minimum atomic E-state index is -0.0265. The van der Waals surface area contributed by atoms with Crippen molar-refractivity contribution in [3.63, 3.8) is 0 Å². The molecule has 0 saturated carbocycles. The summed E-state index contributed by atoms with van der Waals surface area (Å²) in [5, 5.41) is 3.13. The van der Waals surface area contributed by atoms with Gasteiger partial charge in [0.15, 0.2) is 0 Å². The first-order valence-electron chi connectivity index (χ1n) is 10.4. The Kier molecular flexibility index (Phi) is 6.35. The van der Waals surface area contributed by atoms with E-state index in [0.717, 1.165) is 37.7 Å². The van der Waals surface area contributed by atoms with Gasteiger partial charge < -0.3 is 10.2 Å². The predicted octanol–water partition coefficient (Wildman–Crippen LogP) is 3.14. The minimum absolute atomic E-state index is 0.0265. The lowest BCUT2D eigenvalue weighted by Gasteiger charge is -2.34. The molecule has 6 nitrogen and oxygen atoms in total. The number of carbonyl (C=O) groups is 1. The van der Waals surface area contributed by atoms with Gasteiger partial charge in [-0.3, -0.25) is 9.69 Å². The summed E-state index contributed by atoms with van der Waals surface area (Å²) in [6.45, 7) is 5.75. The van der Waals surface area contributed by atoms with E-state index in [9.17, 15) is 4.79 Å². The topological polar surface area (TPSA) is 61.4 Å². The second kappa shape index (κ2) is 9.50. The largest absolute Gasteiger partial charge is 0.348 e. The maximum Gasteiger partial charge on any atom is 0.234 e. The number of rotatable bonds is 6. The second-order valence-corrected chi connectivity index (χ2v) is 7.59. The number of amides is 1. The molecule has 1 saturated heterocycles. The summed E-state index contributed by atoms with van der Waals surface area (Å²) in [5.74, 6) is 0.813. The second-order valence-electron chi connectivity index (χ2n) is 7.59. The molecule has 4 rings (SSSR count). The Balaban J connectivity index is 1.26. The van der Waals surface area contributed by atoms with Gasteiger partial charge in [-0.25, -0.2) is 9.97 Å². The molecular weight excluding hydrogens is 374 g/mol. The van der Waals surface area contributed by atoms with Crippen molar-refractivity contribution < 1.29 is 4.79 Å². The average Bonchev–Trinajstić information content (AvgIpc) is 2.81. The fraction of sp³-hybridized carbons (Fsp3) is 0.292. The number of hydrogen-bond donors (Lipinski definition) is 1. The van der Waals surface area contributed by atoms with Crippen LogP contribution in [0.3, 0.4) is 0 Å². The van der Waals surface area contributed by atoms with E-state index in [1.807, 2.05) is 31.2 Å². The molecule has 1 amide bonds. The van der Waals surface area contributed by atoms with Crippen LogP contribution in [0.5, 0.6) is 0 Å². The smallest absolute Gasteiger partial charge is 0.234 e. The van der Waals surface area contributed by atoms with Crippen LogP contribution < -0.4 is 10.2 Å². The number of piperazine rings is 1. The van der Waals surface area contributed by atoms with Gasteiger partial charge in [-0.2, -0.15) is 0 Å². The molecule has 1 aliphatic rings. The van der Waals surface area contributed by atoms with E-state index in [2.05, 4.69) is 61.5 Å². The van der Waals surface area contributed by atoms with Crippen molar-refractivity contribution in [2.75, 3.05) is 37.6 Å². The van der Waals surface area contributed by atoms with Crippen molar-refractivity contribution in [1.29, 1.82) is 0 Å². The highest BCUT2D eigenvalue weighted by atomic mass is 16.2. The third-order valence-corrected chi connectivity index (χ3v) is 5.47. The standard InChI is InChI=1S/C24H27N5O/c1-19(20-8-10-22(11-9-20)21-6-3-2-4-7-21)27-23(30)18-28-14-16-29(17-15-28)24-25-12-5-13-26-24/h2-13,19H,14-18H2,1H3,(H,27,30). The lowest BCUT2D eigenvalue weighted by atomic mass is 10.0. The molecule has 2 heterocycles. The molecule has 1 atom stereocenters. The van der Waals surface area contributed by atoms with Crippen LogP contribution in [-0.2, 0) is 4.79 Å². The van der Waals surface area contributed by atoms with Gasteiger partial charge in [0.25, 0.3) is 0 Å². The molecule has 0 spiro atoms. The lowest BCUT2D eigenvalue weighted by Crippen LogP contribution is -2.50. The SMILES string of the molecule is CC(NC(=O)CN1CCN(c2ncccn2)CC1)c1ccc(-c2ccccc2)cc1. The zero-order valence-corrected chi connectivity index (χ0v) is 17.2. The summed E-state index contributed by atoms with van der Waals surface area (Å²) >= 11 is 0. The Labute approximate surface area is 177 Å². The van der Waals surface area contributed by atoms with Crippen LogP contribution in [0.2, 0.25) is 0 Å². The van der Waals surface area contributed by atoms with E-state index in [-0.39, 0.29) is 11.9 Å². The number of aromatic nitrogens is 2. The van der Waals surface area contributed by atoms with E-state index in [1.54, 1.807) is 12.4 Å². The van der Waals surface area contributed by atoms with Crippen molar-refractivity contribution in [3.05, 3.63) is 78.6 Å². The first kappa shape index (κ1) is 20.0. The van der Waals surface area contributed by atoms with Gasteiger partial charge in [-0.05, 0) is 29.7 Å². The Morgan fingerprint density at radius 2 is 1.53 bits per heavy atom. The number of nitrogens with one attached hydrogen (secondary N) is 1. The van der Waals surface area contributed by atoms with Gasteiger partial charge in [0.2, 0.25) is 11.9 Å². The zero-order valence-electron chi connectivity index (χ0n) is 17.2. The number of carbonyl (C=O) groups excluding carboxylic acids is 1. The van der Waals surface area contributed by atoms with Gasteiger partial charge >= 0.3 is 0 Å². The highest BCUT2D eigenvalue weighted by Crippen LogP contribution is 2.21. The summed E-state index contributed by atoms with van der Waals surface area (Å²) < 4.78 is 0. The number of anilines is 1. The molecule has 3 aromatic rings. The molecule has 0 aliphatic carbocycles. The number of hydrogen-bond acceptors (Lipinski definition) is 5. The van der Waals surface area contributed by atoms with Gasteiger partial charge in [0.05, 0.1) is 12.6 Å². The van der Waals surface area contributed by atoms with Crippen LogP contribution >= 0.6 is 0 Å². The van der Waals surface area contributed by atoms with E-state index in [4.69, 9.17) is 0 Å². The molecule has 154 valence electrons. The molecular formula is C24H27N5O.